The highest BCUT2D eigenvalue weighted by molar-refractivity contribution is 5.95. The van der Waals surface area contributed by atoms with Gasteiger partial charge in [0.15, 0.2) is 0 Å². The molecule has 1 aliphatic rings. The van der Waals surface area contributed by atoms with Gasteiger partial charge < -0.3 is 14.3 Å². The highest BCUT2D eigenvalue weighted by Crippen LogP contribution is 2.20. The van der Waals surface area contributed by atoms with Crippen LogP contribution in [0.25, 0.3) is 0 Å². The quantitative estimate of drug-likeness (QED) is 0.778. The van der Waals surface area contributed by atoms with Gasteiger partial charge in [-0.2, -0.15) is 0 Å². The Labute approximate surface area is 160 Å². The maximum Gasteiger partial charge on any atom is 0.259 e. The summed E-state index contributed by atoms with van der Waals surface area (Å²) in [6.07, 6.45) is 3.19. The molecular formula is C21H28FN3O2. The molecule has 1 amide bonds. The monoisotopic (exact) mass is 373 g/mol. The molecule has 27 heavy (non-hydrogen) atoms. The van der Waals surface area contributed by atoms with E-state index in [1.807, 2.05) is 19.2 Å². The number of aromatic nitrogens is 1. The van der Waals surface area contributed by atoms with Gasteiger partial charge in [0.05, 0.1) is 5.69 Å². The van der Waals surface area contributed by atoms with Crippen LogP contribution in [0.4, 0.5) is 4.39 Å². The maximum atomic E-state index is 13.0. The lowest BCUT2D eigenvalue weighted by Gasteiger charge is -2.34. The van der Waals surface area contributed by atoms with Crippen molar-refractivity contribution in [3.8, 4) is 0 Å². The van der Waals surface area contributed by atoms with Crippen LogP contribution in [-0.2, 0) is 6.42 Å². The largest absolute Gasteiger partial charge is 0.361 e. The minimum atomic E-state index is -0.192. The topological polar surface area (TPSA) is 49.6 Å². The number of nitrogens with zero attached hydrogens (tertiary/aromatic N) is 3. The number of hydrogen-bond donors (Lipinski definition) is 0. The number of rotatable bonds is 6. The Bertz CT molecular complexity index is 753. The van der Waals surface area contributed by atoms with E-state index in [1.54, 1.807) is 18.7 Å². The molecular weight excluding hydrogens is 345 g/mol. The Morgan fingerprint density at radius 3 is 2.74 bits per heavy atom. The van der Waals surface area contributed by atoms with E-state index in [0.29, 0.717) is 22.9 Å². The SMILES string of the molecule is Cc1noc(C)c1C(=O)N(C)C[C@H]1CCCN(CCc2ccc(F)cc2)C1. The lowest BCUT2D eigenvalue weighted by Crippen LogP contribution is -2.42. The minimum absolute atomic E-state index is 0.0188. The van der Waals surface area contributed by atoms with Gasteiger partial charge in [-0.25, -0.2) is 4.39 Å². The fourth-order valence-electron chi connectivity index (χ4n) is 3.89. The number of hydrogen-bond acceptors (Lipinski definition) is 4. The molecule has 1 fully saturated rings. The van der Waals surface area contributed by atoms with Crippen molar-refractivity contribution in [2.24, 2.45) is 5.92 Å². The molecule has 2 aromatic rings. The maximum absolute atomic E-state index is 13.0. The van der Waals surface area contributed by atoms with Gasteiger partial charge in [-0.15, -0.1) is 0 Å². The van der Waals surface area contributed by atoms with E-state index >= 15 is 0 Å². The lowest BCUT2D eigenvalue weighted by molar-refractivity contribution is 0.0728. The number of likely N-dealkylation sites (tertiary alicyclic amines) is 1. The molecule has 1 aliphatic heterocycles. The van der Waals surface area contributed by atoms with Gasteiger partial charge in [0.2, 0.25) is 0 Å². The Hall–Kier alpha value is -2.21. The summed E-state index contributed by atoms with van der Waals surface area (Å²) >= 11 is 0. The predicted octanol–water partition coefficient (Wildman–Crippen LogP) is 3.46. The molecule has 0 saturated carbocycles. The van der Waals surface area contributed by atoms with Crippen LogP contribution >= 0.6 is 0 Å². The Kier molecular flexibility index (Phi) is 6.26. The van der Waals surface area contributed by atoms with Crippen molar-refractivity contribution in [2.45, 2.75) is 33.1 Å². The van der Waals surface area contributed by atoms with Crippen LogP contribution < -0.4 is 0 Å². The van der Waals surface area contributed by atoms with Gasteiger partial charge in [-0.1, -0.05) is 17.3 Å². The fourth-order valence-corrected chi connectivity index (χ4v) is 3.89. The summed E-state index contributed by atoms with van der Waals surface area (Å²) in [5.74, 6) is 0.827. The van der Waals surface area contributed by atoms with Crippen molar-refractivity contribution in [3.05, 3.63) is 52.7 Å². The summed E-state index contributed by atoms with van der Waals surface area (Å²) in [6.45, 7) is 7.34. The minimum Gasteiger partial charge on any atom is -0.361 e. The van der Waals surface area contributed by atoms with E-state index in [2.05, 4.69) is 10.1 Å². The lowest BCUT2D eigenvalue weighted by atomic mass is 9.96. The van der Waals surface area contributed by atoms with E-state index in [1.165, 1.54) is 12.1 Å². The fraction of sp³-hybridized carbons (Fsp3) is 0.524. The number of carbonyl (C=O) groups excluding carboxylic acids is 1. The van der Waals surface area contributed by atoms with Crippen LogP contribution in [0.1, 0.15) is 40.2 Å². The summed E-state index contributed by atoms with van der Waals surface area (Å²) in [7, 11) is 1.85. The first-order chi connectivity index (χ1) is 12.9. The molecule has 0 spiro atoms. The third-order valence-corrected chi connectivity index (χ3v) is 5.36. The van der Waals surface area contributed by atoms with Crippen molar-refractivity contribution >= 4 is 5.91 Å². The summed E-state index contributed by atoms with van der Waals surface area (Å²) in [6, 6.07) is 6.74. The molecule has 5 nitrogen and oxygen atoms in total. The zero-order chi connectivity index (χ0) is 19.4. The van der Waals surface area contributed by atoms with Crippen molar-refractivity contribution in [2.75, 3.05) is 33.2 Å². The molecule has 0 aliphatic carbocycles. The Morgan fingerprint density at radius 2 is 2.07 bits per heavy atom. The average molecular weight is 373 g/mol. The molecule has 2 heterocycles. The molecule has 0 unspecified atom stereocenters. The summed E-state index contributed by atoms with van der Waals surface area (Å²) in [4.78, 5) is 17.0. The Morgan fingerprint density at radius 1 is 1.33 bits per heavy atom. The number of amides is 1. The average Bonchev–Trinajstić information content (AvgIpc) is 2.99. The summed E-state index contributed by atoms with van der Waals surface area (Å²) in [5.41, 5.74) is 2.39. The van der Waals surface area contributed by atoms with Crippen molar-refractivity contribution in [3.63, 3.8) is 0 Å². The van der Waals surface area contributed by atoms with E-state index in [-0.39, 0.29) is 11.7 Å². The zero-order valence-electron chi connectivity index (χ0n) is 16.4. The van der Waals surface area contributed by atoms with Crippen LogP contribution in [0, 0.1) is 25.6 Å². The normalized spacial score (nSPS) is 17.9. The third-order valence-electron chi connectivity index (χ3n) is 5.36. The first-order valence-electron chi connectivity index (χ1n) is 9.59. The van der Waals surface area contributed by atoms with Gasteiger partial charge >= 0.3 is 0 Å². The zero-order valence-corrected chi connectivity index (χ0v) is 16.4. The second-order valence-electron chi connectivity index (χ2n) is 7.57. The highest BCUT2D eigenvalue weighted by Gasteiger charge is 2.26. The number of aryl methyl sites for hydroxylation is 2. The molecule has 1 atom stereocenters. The van der Waals surface area contributed by atoms with Crippen LogP contribution in [0.2, 0.25) is 0 Å². The molecule has 146 valence electrons. The summed E-state index contributed by atoms with van der Waals surface area (Å²) in [5, 5.41) is 3.88. The van der Waals surface area contributed by atoms with E-state index in [4.69, 9.17) is 4.52 Å². The molecule has 1 aromatic carbocycles. The van der Waals surface area contributed by atoms with Crippen molar-refractivity contribution in [1.82, 2.24) is 15.0 Å². The number of carbonyl (C=O) groups is 1. The molecule has 3 rings (SSSR count). The second kappa shape index (κ2) is 8.65. The van der Waals surface area contributed by atoms with Crippen LogP contribution in [0.5, 0.6) is 0 Å². The van der Waals surface area contributed by atoms with E-state index < -0.39 is 0 Å². The molecule has 1 saturated heterocycles. The second-order valence-corrected chi connectivity index (χ2v) is 7.57. The summed E-state index contributed by atoms with van der Waals surface area (Å²) < 4.78 is 18.1. The first-order valence-corrected chi connectivity index (χ1v) is 9.59. The smallest absolute Gasteiger partial charge is 0.259 e. The Balaban J connectivity index is 1.51. The number of piperidine rings is 1. The van der Waals surface area contributed by atoms with Crippen LogP contribution in [0.3, 0.4) is 0 Å². The van der Waals surface area contributed by atoms with Gasteiger partial charge in [0.1, 0.15) is 17.1 Å². The van der Waals surface area contributed by atoms with E-state index in [9.17, 15) is 9.18 Å². The van der Waals surface area contributed by atoms with Crippen molar-refractivity contribution in [1.29, 1.82) is 0 Å². The van der Waals surface area contributed by atoms with Gasteiger partial charge in [-0.05, 0) is 63.3 Å². The van der Waals surface area contributed by atoms with Crippen LogP contribution in [-0.4, -0.2) is 54.1 Å². The molecule has 0 radical (unpaired) electrons. The third kappa shape index (κ3) is 4.95. The van der Waals surface area contributed by atoms with Gasteiger partial charge in [0, 0.05) is 26.7 Å². The number of halogens is 1. The van der Waals surface area contributed by atoms with Crippen molar-refractivity contribution < 1.29 is 13.7 Å². The predicted molar refractivity (Wildman–Crippen MR) is 102 cm³/mol. The highest BCUT2D eigenvalue weighted by atomic mass is 19.1. The standard InChI is InChI=1S/C21H28FN3O2/c1-15-20(16(2)27-23-15)21(26)24(3)13-18-5-4-11-25(14-18)12-10-17-6-8-19(22)9-7-17/h6-9,18H,4-5,10-14H2,1-3H3/t18-/m1/s1. The molecule has 0 bridgehead atoms. The van der Waals surface area contributed by atoms with Crippen LogP contribution in [0.15, 0.2) is 28.8 Å². The number of benzene rings is 1. The molecule has 6 heteroatoms. The molecule has 1 aromatic heterocycles. The van der Waals surface area contributed by atoms with E-state index in [0.717, 1.165) is 51.0 Å². The first kappa shape index (κ1) is 19.5. The van der Waals surface area contributed by atoms with Gasteiger partial charge in [0.25, 0.3) is 5.91 Å². The molecule has 0 N–H and O–H groups in total. The van der Waals surface area contributed by atoms with Gasteiger partial charge in [-0.3, -0.25) is 4.79 Å².